The number of carbonyl (C=O) groups excluding carboxylic acids is 1. The molecule has 31 heavy (non-hydrogen) atoms. The Labute approximate surface area is 181 Å². The van der Waals surface area contributed by atoms with Crippen molar-refractivity contribution in [2.45, 2.75) is 42.3 Å². The topological polar surface area (TPSA) is 107 Å². The molecule has 1 N–H and O–H groups in total. The zero-order valence-electron chi connectivity index (χ0n) is 17.4. The summed E-state index contributed by atoms with van der Waals surface area (Å²) in [6, 6.07) is 7.26. The lowest BCUT2D eigenvalue weighted by Crippen LogP contribution is -2.46. The van der Waals surface area contributed by atoms with Gasteiger partial charge in [0, 0.05) is 24.7 Å². The Bertz CT molecular complexity index is 1040. The predicted octanol–water partition coefficient (Wildman–Crippen LogP) is 1.59. The van der Waals surface area contributed by atoms with E-state index in [0.717, 1.165) is 12.8 Å². The number of benzene rings is 1. The molecule has 9 nitrogen and oxygen atoms in total. The maximum atomic E-state index is 13.6. The Balaban J connectivity index is 1.66. The summed E-state index contributed by atoms with van der Waals surface area (Å²) in [6.07, 6.45) is 4.74. The second-order valence-corrected chi connectivity index (χ2v) is 9.41. The molecule has 0 spiro atoms. The lowest BCUT2D eigenvalue weighted by molar-refractivity contribution is -0.124. The molecule has 166 valence electrons. The number of pyridine rings is 1. The van der Waals surface area contributed by atoms with E-state index in [1.54, 1.807) is 30.6 Å². The Morgan fingerprint density at radius 2 is 1.97 bits per heavy atom. The minimum atomic E-state index is -4.08. The van der Waals surface area contributed by atoms with E-state index in [-0.39, 0.29) is 35.6 Å². The SMILES string of the molecule is COc1ccc(OC)c(S(=O)(=O)N2C[C@@H](Oc3cccnc3)C[C@H]2C(=O)NC2CC2)c1. The third-order valence-corrected chi connectivity index (χ3v) is 7.23. The number of sulfonamides is 1. The maximum Gasteiger partial charge on any atom is 0.247 e. The number of hydrogen-bond acceptors (Lipinski definition) is 7. The first-order valence-corrected chi connectivity index (χ1v) is 11.5. The fourth-order valence-corrected chi connectivity index (χ4v) is 5.41. The molecule has 1 saturated heterocycles. The van der Waals surface area contributed by atoms with Crippen LogP contribution in [0.4, 0.5) is 0 Å². The van der Waals surface area contributed by atoms with Crippen LogP contribution >= 0.6 is 0 Å². The van der Waals surface area contributed by atoms with Gasteiger partial charge in [-0.1, -0.05) is 0 Å². The Hall–Kier alpha value is -2.85. The Morgan fingerprint density at radius 3 is 2.61 bits per heavy atom. The minimum absolute atomic E-state index is 0.0281. The van der Waals surface area contributed by atoms with Gasteiger partial charge in [0.1, 0.15) is 34.3 Å². The number of nitrogens with one attached hydrogen (secondary N) is 1. The largest absolute Gasteiger partial charge is 0.497 e. The predicted molar refractivity (Wildman–Crippen MR) is 112 cm³/mol. The van der Waals surface area contributed by atoms with Gasteiger partial charge in [-0.15, -0.1) is 0 Å². The summed E-state index contributed by atoms with van der Waals surface area (Å²) in [4.78, 5) is 16.9. The number of aromatic nitrogens is 1. The molecule has 1 aromatic heterocycles. The van der Waals surface area contributed by atoms with Crippen molar-refractivity contribution in [3.63, 3.8) is 0 Å². The van der Waals surface area contributed by atoms with Gasteiger partial charge in [0.05, 0.1) is 27.0 Å². The molecule has 1 aliphatic carbocycles. The Morgan fingerprint density at radius 1 is 1.16 bits per heavy atom. The minimum Gasteiger partial charge on any atom is -0.497 e. The van der Waals surface area contributed by atoms with E-state index in [9.17, 15) is 13.2 Å². The van der Waals surface area contributed by atoms with Crippen LogP contribution in [-0.4, -0.2) is 62.6 Å². The normalized spacial score (nSPS) is 21.5. The molecule has 2 fully saturated rings. The average Bonchev–Trinajstić information content (AvgIpc) is 3.49. The first-order chi connectivity index (χ1) is 14.9. The smallest absolute Gasteiger partial charge is 0.247 e. The van der Waals surface area contributed by atoms with Crippen molar-refractivity contribution in [1.82, 2.24) is 14.6 Å². The van der Waals surface area contributed by atoms with Crippen LogP contribution in [0.15, 0.2) is 47.6 Å². The van der Waals surface area contributed by atoms with E-state index in [1.807, 2.05) is 0 Å². The molecule has 0 radical (unpaired) electrons. The van der Waals surface area contributed by atoms with Crippen LogP contribution in [0.5, 0.6) is 17.2 Å². The highest BCUT2D eigenvalue weighted by molar-refractivity contribution is 7.89. The van der Waals surface area contributed by atoms with Crippen molar-refractivity contribution in [1.29, 1.82) is 0 Å². The van der Waals surface area contributed by atoms with Gasteiger partial charge >= 0.3 is 0 Å². The summed E-state index contributed by atoms with van der Waals surface area (Å²) in [5, 5.41) is 2.92. The van der Waals surface area contributed by atoms with Crippen LogP contribution in [0.2, 0.25) is 0 Å². The van der Waals surface area contributed by atoms with Gasteiger partial charge in [-0.05, 0) is 37.1 Å². The summed E-state index contributed by atoms with van der Waals surface area (Å²) in [5.41, 5.74) is 0. The fraction of sp³-hybridized carbons (Fsp3) is 0.429. The average molecular weight is 448 g/mol. The van der Waals surface area contributed by atoms with Crippen molar-refractivity contribution in [2.75, 3.05) is 20.8 Å². The van der Waals surface area contributed by atoms with Crippen molar-refractivity contribution in [2.24, 2.45) is 0 Å². The van der Waals surface area contributed by atoms with E-state index in [1.165, 1.54) is 30.7 Å². The number of carbonyl (C=O) groups is 1. The second kappa shape index (κ2) is 8.72. The molecule has 2 aliphatic rings. The summed E-state index contributed by atoms with van der Waals surface area (Å²) < 4.78 is 44.9. The summed E-state index contributed by atoms with van der Waals surface area (Å²) in [7, 11) is -1.22. The highest BCUT2D eigenvalue weighted by Gasteiger charge is 2.46. The van der Waals surface area contributed by atoms with Crippen LogP contribution in [-0.2, 0) is 14.8 Å². The lowest BCUT2D eigenvalue weighted by atomic mass is 10.2. The third-order valence-electron chi connectivity index (χ3n) is 5.34. The van der Waals surface area contributed by atoms with E-state index in [4.69, 9.17) is 14.2 Å². The molecule has 2 atom stereocenters. The van der Waals surface area contributed by atoms with Crippen molar-refractivity contribution >= 4 is 15.9 Å². The number of hydrogen-bond donors (Lipinski definition) is 1. The van der Waals surface area contributed by atoms with E-state index < -0.39 is 22.2 Å². The van der Waals surface area contributed by atoms with Gasteiger partial charge in [-0.25, -0.2) is 8.42 Å². The van der Waals surface area contributed by atoms with Crippen LogP contribution in [0.3, 0.4) is 0 Å². The number of amides is 1. The molecule has 1 aromatic carbocycles. The lowest BCUT2D eigenvalue weighted by Gasteiger charge is -2.24. The summed E-state index contributed by atoms with van der Waals surface area (Å²) in [5.74, 6) is 0.761. The van der Waals surface area contributed by atoms with Crippen LogP contribution in [0, 0.1) is 0 Å². The van der Waals surface area contributed by atoms with Gasteiger partial charge in [0.25, 0.3) is 0 Å². The van der Waals surface area contributed by atoms with Crippen molar-refractivity contribution in [3.05, 3.63) is 42.7 Å². The Kier molecular flexibility index (Phi) is 6.01. The quantitative estimate of drug-likeness (QED) is 0.655. The zero-order chi connectivity index (χ0) is 22.0. The van der Waals surface area contributed by atoms with Crippen LogP contribution < -0.4 is 19.5 Å². The first kappa shape index (κ1) is 21.4. The molecular formula is C21H25N3O6S. The molecule has 1 saturated carbocycles. The monoisotopic (exact) mass is 447 g/mol. The summed E-state index contributed by atoms with van der Waals surface area (Å²) >= 11 is 0. The van der Waals surface area contributed by atoms with Gasteiger partial charge in [-0.2, -0.15) is 4.31 Å². The van der Waals surface area contributed by atoms with Crippen LogP contribution in [0.25, 0.3) is 0 Å². The second-order valence-electron chi connectivity index (χ2n) is 7.55. The van der Waals surface area contributed by atoms with Crippen molar-refractivity contribution in [3.8, 4) is 17.2 Å². The molecule has 0 bridgehead atoms. The van der Waals surface area contributed by atoms with Gasteiger partial charge in [0.15, 0.2) is 0 Å². The third kappa shape index (κ3) is 4.59. The molecule has 1 amide bonds. The molecule has 1 aliphatic heterocycles. The van der Waals surface area contributed by atoms with E-state index in [0.29, 0.717) is 11.5 Å². The van der Waals surface area contributed by atoms with E-state index >= 15 is 0 Å². The number of methoxy groups -OCH3 is 2. The highest BCUT2D eigenvalue weighted by atomic mass is 32.2. The number of ether oxygens (including phenoxy) is 3. The van der Waals surface area contributed by atoms with Crippen LogP contribution in [0.1, 0.15) is 19.3 Å². The van der Waals surface area contributed by atoms with Gasteiger partial charge in [0.2, 0.25) is 15.9 Å². The molecular weight excluding hydrogens is 422 g/mol. The maximum absolute atomic E-state index is 13.6. The summed E-state index contributed by atoms with van der Waals surface area (Å²) in [6.45, 7) is 0.0281. The fourth-order valence-electron chi connectivity index (χ4n) is 3.60. The molecule has 2 heterocycles. The molecule has 2 aromatic rings. The number of rotatable bonds is 8. The molecule has 10 heteroatoms. The van der Waals surface area contributed by atoms with Crippen molar-refractivity contribution < 1.29 is 27.4 Å². The van der Waals surface area contributed by atoms with Gasteiger partial charge < -0.3 is 19.5 Å². The van der Waals surface area contributed by atoms with Gasteiger partial charge in [-0.3, -0.25) is 9.78 Å². The molecule has 0 unspecified atom stereocenters. The van der Waals surface area contributed by atoms with E-state index in [2.05, 4.69) is 10.3 Å². The first-order valence-electron chi connectivity index (χ1n) is 10.0. The highest BCUT2D eigenvalue weighted by Crippen LogP contribution is 2.35. The number of nitrogens with zero attached hydrogens (tertiary/aromatic N) is 2. The standard InChI is InChI=1S/C21H25N3O6S/c1-28-15-7-8-19(29-2)20(11-15)31(26,27)24-13-17(30-16-4-3-9-22-12-16)10-18(24)21(25)23-14-5-6-14/h3-4,7-9,11-12,14,17-18H,5-6,10,13H2,1-2H3,(H,23,25)/t17-,18-/m0/s1. The zero-order valence-corrected chi connectivity index (χ0v) is 18.2. The molecule has 4 rings (SSSR count).